The van der Waals surface area contributed by atoms with E-state index in [0.29, 0.717) is 12.3 Å². The molecule has 2 aromatic rings. The van der Waals surface area contributed by atoms with Crippen LogP contribution in [-0.4, -0.2) is 32.7 Å². The molecule has 0 spiro atoms. The molecule has 0 fully saturated rings. The second-order valence-electron chi connectivity index (χ2n) is 6.10. The molecule has 0 bridgehead atoms. The van der Waals surface area contributed by atoms with E-state index >= 15 is 0 Å². The highest BCUT2D eigenvalue weighted by Crippen LogP contribution is 2.14. The third kappa shape index (κ3) is 6.64. The van der Waals surface area contributed by atoms with Crippen LogP contribution in [0.5, 0.6) is 0 Å². The first-order valence-electron chi connectivity index (χ1n) is 8.47. The number of carbonyl (C=O) groups excluding carboxylic acids is 1. The number of halogens is 1. The lowest BCUT2D eigenvalue weighted by Gasteiger charge is -2.14. The van der Waals surface area contributed by atoms with Gasteiger partial charge in [-0.05, 0) is 31.5 Å². The lowest BCUT2D eigenvalue weighted by molar-refractivity contribution is -0.122. The summed E-state index contributed by atoms with van der Waals surface area (Å²) in [5.74, 6) is 0.230. The Bertz CT molecular complexity index is 871. The van der Waals surface area contributed by atoms with E-state index in [1.807, 2.05) is 6.92 Å². The van der Waals surface area contributed by atoms with E-state index in [4.69, 9.17) is 0 Å². The van der Waals surface area contributed by atoms with E-state index in [1.165, 1.54) is 30.2 Å². The van der Waals surface area contributed by atoms with Crippen molar-refractivity contribution in [2.24, 2.45) is 0 Å². The van der Waals surface area contributed by atoms with Crippen LogP contribution < -0.4 is 10.0 Å². The van der Waals surface area contributed by atoms with Gasteiger partial charge in [-0.25, -0.2) is 12.8 Å². The smallest absolute Gasteiger partial charge is 0.244 e. The molecule has 0 radical (unpaired) electrons. The zero-order valence-electron chi connectivity index (χ0n) is 15.2. The number of hydrogen-bond donors (Lipinski definition) is 2. The van der Waals surface area contributed by atoms with Crippen LogP contribution in [0.1, 0.15) is 18.1 Å². The summed E-state index contributed by atoms with van der Waals surface area (Å²) >= 11 is 1.67. The Balaban J connectivity index is 1.75. The Hall–Kier alpha value is -1.90. The van der Waals surface area contributed by atoms with Crippen molar-refractivity contribution in [2.75, 3.05) is 12.3 Å². The van der Waals surface area contributed by atoms with E-state index in [-0.39, 0.29) is 0 Å². The van der Waals surface area contributed by atoms with Crippen LogP contribution in [0, 0.1) is 12.7 Å². The molecule has 1 amide bonds. The van der Waals surface area contributed by atoms with Crippen molar-refractivity contribution in [1.82, 2.24) is 10.0 Å². The fourth-order valence-corrected chi connectivity index (χ4v) is 4.39. The third-order valence-electron chi connectivity index (χ3n) is 3.79. The van der Waals surface area contributed by atoms with Gasteiger partial charge in [-0.15, -0.1) is 0 Å². The van der Waals surface area contributed by atoms with E-state index in [2.05, 4.69) is 34.3 Å². The third-order valence-corrected chi connectivity index (χ3v) is 6.39. The van der Waals surface area contributed by atoms with Crippen molar-refractivity contribution in [2.45, 2.75) is 30.5 Å². The lowest BCUT2D eigenvalue weighted by Crippen LogP contribution is -2.45. The zero-order chi connectivity index (χ0) is 19.9. The molecule has 8 heteroatoms. The SMILES string of the molecule is Cc1ccc(CSCCNC(=O)[C@H](C)NS(=O)(=O)c2ccccc2F)cc1. The van der Waals surface area contributed by atoms with Gasteiger partial charge >= 0.3 is 0 Å². The molecular formula is C19H23FN2O3S2. The Morgan fingerprint density at radius 1 is 1.15 bits per heavy atom. The first-order valence-corrected chi connectivity index (χ1v) is 11.1. The highest BCUT2D eigenvalue weighted by molar-refractivity contribution is 7.98. The minimum Gasteiger partial charge on any atom is -0.354 e. The molecule has 2 rings (SSSR count). The molecule has 0 unspecified atom stereocenters. The van der Waals surface area contributed by atoms with Crippen LogP contribution in [0.15, 0.2) is 53.4 Å². The van der Waals surface area contributed by atoms with Crippen molar-refractivity contribution < 1.29 is 17.6 Å². The minimum atomic E-state index is -4.10. The van der Waals surface area contributed by atoms with Gasteiger partial charge in [0.05, 0.1) is 6.04 Å². The molecule has 0 heterocycles. The molecule has 5 nitrogen and oxygen atoms in total. The van der Waals surface area contributed by atoms with Gasteiger partial charge in [-0.1, -0.05) is 42.0 Å². The monoisotopic (exact) mass is 410 g/mol. The van der Waals surface area contributed by atoms with Crippen LogP contribution in [0.25, 0.3) is 0 Å². The molecule has 27 heavy (non-hydrogen) atoms. The van der Waals surface area contributed by atoms with Crippen LogP contribution in [-0.2, 0) is 20.6 Å². The van der Waals surface area contributed by atoms with Crippen molar-refractivity contribution in [3.8, 4) is 0 Å². The maximum Gasteiger partial charge on any atom is 0.244 e. The number of amides is 1. The van der Waals surface area contributed by atoms with Gasteiger partial charge in [-0.3, -0.25) is 4.79 Å². The van der Waals surface area contributed by atoms with Gasteiger partial charge in [0.1, 0.15) is 10.7 Å². The van der Waals surface area contributed by atoms with Gasteiger partial charge in [0.2, 0.25) is 15.9 Å². The van der Waals surface area contributed by atoms with Crippen molar-refractivity contribution in [3.63, 3.8) is 0 Å². The average molecular weight is 411 g/mol. The summed E-state index contributed by atoms with van der Waals surface area (Å²) in [5, 5.41) is 2.69. The molecule has 0 saturated heterocycles. The predicted molar refractivity (Wildman–Crippen MR) is 107 cm³/mol. The summed E-state index contributed by atoms with van der Waals surface area (Å²) in [5.41, 5.74) is 2.42. The Kier molecular flexibility index (Phi) is 7.82. The summed E-state index contributed by atoms with van der Waals surface area (Å²) in [7, 11) is -4.10. The van der Waals surface area contributed by atoms with E-state index in [1.54, 1.807) is 11.8 Å². The van der Waals surface area contributed by atoms with Gasteiger partial charge in [-0.2, -0.15) is 16.5 Å². The Labute approximate surface area is 163 Å². The highest BCUT2D eigenvalue weighted by Gasteiger charge is 2.24. The maximum atomic E-state index is 13.7. The molecule has 1 atom stereocenters. The Morgan fingerprint density at radius 2 is 1.81 bits per heavy atom. The number of aryl methyl sites for hydroxylation is 1. The van der Waals surface area contributed by atoms with Crippen molar-refractivity contribution in [1.29, 1.82) is 0 Å². The average Bonchev–Trinajstić information content (AvgIpc) is 2.62. The second kappa shape index (κ2) is 9.87. The molecule has 146 valence electrons. The van der Waals surface area contributed by atoms with Gasteiger partial charge in [0, 0.05) is 18.1 Å². The summed E-state index contributed by atoms with van der Waals surface area (Å²) < 4.78 is 40.2. The Morgan fingerprint density at radius 3 is 2.48 bits per heavy atom. The maximum absolute atomic E-state index is 13.7. The summed E-state index contributed by atoms with van der Waals surface area (Å²) in [4.78, 5) is 11.6. The van der Waals surface area contributed by atoms with Gasteiger partial charge < -0.3 is 5.32 Å². The number of thioether (sulfide) groups is 1. The van der Waals surface area contributed by atoms with Crippen LogP contribution in [0.4, 0.5) is 4.39 Å². The number of rotatable bonds is 9. The number of hydrogen-bond acceptors (Lipinski definition) is 4. The van der Waals surface area contributed by atoms with E-state index in [9.17, 15) is 17.6 Å². The normalized spacial score (nSPS) is 12.6. The number of nitrogens with one attached hydrogen (secondary N) is 2. The van der Waals surface area contributed by atoms with Gasteiger partial charge in [0.25, 0.3) is 0 Å². The summed E-state index contributed by atoms with van der Waals surface area (Å²) in [6.45, 7) is 3.88. The summed E-state index contributed by atoms with van der Waals surface area (Å²) in [6.07, 6.45) is 0. The van der Waals surface area contributed by atoms with Gasteiger partial charge in [0.15, 0.2) is 0 Å². The largest absolute Gasteiger partial charge is 0.354 e. The second-order valence-corrected chi connectivity index (χ2v) is 8.89. The predicted octanol–water partition coefficient (Wildman–Crippen LogP) is 2.85. The van der Waals surface area contributed by atoms with Crippen molar-refractivity contribution in [3.05, 3.63) is 65.5 Å². The van der Waals surface area contributed by atoms with E-state index < -0.39 is 32.7 Å². The van der Waals surface area contributed by atoms with Crippen LogP contribution in [0.3, 0.4) is 0 Å². The first kappa shape index (κ1) is 21.4. The molecule has 0 aliphatic carbocycles. The fourth-order valence-electron chi connectivity index (χ4n) is 2.29. The van der Waals surface area contributed by atoms with Crippen LogP contribution >= 0.6 is 11.8 Å². The molecule has 0 aromatic heterocycles. The molecule has 0 aliphatic heterocycles. The minimum absolute atomic E-state index is 0.418. The summed E-state index contributed by atoms with van der Waals surface area (Å²) in [6, 6.07) is 12.3. The molecule has 2 N–H and O–H groups in total. The topological polar surface area (TPSA) is 75.3 Å². The molecule has 2 aromatic carbocycles. The fraction of sp³-hybridized carbons (Fsp3) is 0.316. The molecule has 0 saturated carbocycles. The van der Waals surface area contributed by atoms with E-state index in [0.717, 1.165) is 17.9 Å². The zero-order valence-corrected chi connectivity index (χ0v) is 16.9. The number of sulfonamides is 1. The highest BCUT2D eigenvalue weighted by atomic mass is 32.2. The quantitative estimate of drug-likeness (QED) is 0.624. The van der Waals surface area contributed by atoms with Crippen molar-refractivity contribution >= 4 is 27.7 Å². The van der Waals surface area contributed by atoms with Crippen LogP contribution in [0.2, 0.25) is 0 Å². The lowest BCUT2D eigenvalue weighted by atomic mass is 10.2. The standard InChI is InChI=1S/C19H23FN2O3S2/c1-14-7-9-16(10-8-14)13-26-12-11-21-19(23)15(2)22-27(24,25)18-6-4-3-5-17(18)20/h3-10,15,22H,11-13H2,1-2H3,(H,21,23)/t15-/m0/s1. The number of carbonyl (C=O) groups is 1. The first-order chi connectivity index (χ1) is 12.8. The number of benzene rings is 2. The molecule has 0 aliphatic rings. The molecular weight excluding hydrogens is 387 g/mol.